The van der Waals surface area contributed by atoms with Crippen LogP contribution >= 0.6 is 0 Å². The highest BCUT2D eigenvalue weighted by Gasteiger charge is 2.05. The second-order valence-corrected chi connectivity index (χ2v) is 4.34. The van der Waals surface area contributed by atoms with Crippen LogP contribution in [0.3, 0.4) is 0 Å². The van der Waals surface area contributed by atoms with Crippen LogP contribution in [0.2, 0.25) is 0 Å². The predicted octanol–water partition coefficient (Wildman–Crippen LogP) is 3.75. The Kier molecular flexibility index (Phi) is 3.09. The number of hydrogen-bond acceptors (Lipinski definition) is 2. The fourth-order valence-corrected chi connectivity index (χ4v) is 1.82. The Morgan fingerprint density at radius 2 is 2.19 bits per heavy atom. The topological polar surface area (TPSA) is 24.9 Å². The maximum absolute atomic E-state index is 4.45. The summed E-state index contributed by atoms with van der Waals surface area (Å²) >= 11 is 0. The van der Waals surface area contributed by atoms with Crippen molar-refractivity contribution in [1.82, 2.24) is 4.98 Å². The number of hydrogen-bond donors (Lipinski definition) is 1. The second kappa shape index (κ2) is 4.52. The van der Waals surface area contributed by atoms with E-state index in [4.69, 9.17) is 0 Å². The molecule has 1 unspecified atom stereocenters. The third-order valence-corrected chi connectivity index (χ3v) is 2.86. The summed E-state index contributed by atoms with van der Waals surface area (Å²) in [7, 11) is 0. The van der Waals surface area contributed by atoms with Gasteiger partial charge in [-0.25, -0.2) is 0 Å². The van der Waals surface area contributed by atoms with Gasteiger partial charge in [-0.1, -0.05) is 13.0 Å². The Labute approximate surface area is 96.7 Å². The van der Waals surface area contributed by atoms with Gasteiger partial charge in [0.1, 0.15) is 0 Å². The summed E-state index contributed by atoms with van der Waals surface area (Å²) in [4.78, 5) is 4.45. The number of anilines is 1. The van der Waals surface area contributed by atoms with Gasteiger partial charge in [0, 0.05) is 17.6 Å². The first kappa shape index (κ1) is 10.9. The van der Waals surface area contributed by atoms with Crippen LogP contribution in [0.1, 0.15) is 25.8 Å². The van der Waals surface area contributed by atoms with Crippen molar-refractivity contribution in [3.63, 3.8) is 0 Å². The monoisotopic (exact) mass is 214 g/mol. The standard InChI is InChI=1S/C14H18N2/c1-4-11(3)16-13-9-10(2)8-12-6-5-7-15-14(12)13/h5-9,11,16H,4H2,1-3H3. The number of rotatable bonds is 3. The minimum Gasteiger partial charge on any atom is -0.381 e. The lowest BCUT2D eigenvalue weighted by molar-refractivity contribution is 0.765. The Bertz CT molecular complexity index is 491. The molecule has 2 nitrogen and oxygen atoms in total. The summed E-state index contributed by atoms with van der Waals surface area (Å²) in [6, 6.07) is 8.91. The van der Waals surface area contributed by atoms with Crippen LogP contribution in [0.5, 0.6) is 0 Å². The average Bonchev–Trinajstić information content (AvgIpc) is 2.28. The Hall–Kier alpha value is -1.57. The van der Waals surface area contributed by atoms with Gasteiger partial charge < -0.3 is 5.32 Å². The van der Waals surface area contributed by atoms with Crippen LogP contribution in [0, 0.1) is 6.92 Å². The smallest absolute Gasteiger partial charge is 0.0933 e. The van der Waals surface area contributed by atoms with Crippen LogP contribution in [0.25, 0.3) is 10.9 Å². The molecule has 0 saturated carbocycles. The molecule has 2 aromatic rings. The zero-order valence-electron chi connectivity index (χ0n) is 10.1. The first-order chi connectivity index (χ1) is 7.70. The zero-order valence-corrected chi connectivity index (χ0v) is 10.1. The van der Waals surface area contributed by atoms with Gasteiger partial charge in [-0.05, 0) is 44.0 Å². The second-order valence-electron chi connectivity index (χ2n) is 4.34. The molecule has 0 aliphatic heterocycles. The molecule has 0 saturated heterocycles. The molecule has 0 aliphatic rings. The number of aryl methyl sites for hydroxylation is 1. The zero-order chi connectivity index (χ0) is 11.5. The van der Waals surface area contributed by atoms with E-state index in [0.29, 0.717) is 6.04 Å². The lowest BCUT2D eigenvalue weighted by Gasteiger charge is -2.15. The number of aromatic nitrogens is 1. The highest BCUT2D eigenvalue weighted by Crippen LogP contribution is 2.24. The molecule has 2 rings (SSSR count). The highest BCUT2D eigenvalue weighted by atomic mass is 14.9. The van der Waals surface area contributed by atoms with E-state index in [9.17, 15) is 0 Å². The molecule has 0 aliphatic carbocycles. The Balaban J connectivity index is 2.50. The van der Waals surface area contributed by atoms with Crippen LogP contribution in [0.15, 0.2) is 30.5 Å². The van der Waals surface area contributed by atoms with Gasteiger partial charge in [0.05, 0.1) is 11.2 Å². The minimum absolute atomic E-state index is 0.479. The maximum atomic E-state index is 4.45. The van der Waals surface area contributed by atoms with Crippen molar-refractivity contribution < 1.29 is 0 Å². The van der Waals surface area contributed by atoms with Gasteiger partial charge in [0.25, 0.3) is 0 Å². The van der Waals surface area contributed by atoms with Gasteiger partial charge in [-0.2, -0.15) is 0 Å². The molecule has 1 aromatic carbocycles. The minimum atomic E-state index is 0.479. The van der Waals surface area contributed by atoms with Crippen LogP contribution in [-0.2, 0) is 0 Å². The fourth-order valence-electron chi connectivity index (χ4n) is 1.82. The third kappa shape index (κ3) is 2.16. The van der Waals surface area contributed by atoms with E-state index in [-0.39, 0.29) is 0 Å². The lowest BCUT2D eigenvalue weighted by atomic mass is 10.1. The van der Waals surface area contributed by atoms with Crippen molar-refractivity contribution in [2.24, 2.45) is 0 Å². The summed E-state index contributed by atoms with van der Waals surface area (Å²) in [5, 5.41) is 4.72. The van der Waals surface area contributed by atoms with E-state index in [1.807, 2.05) is 12.3 Å². The fraction of sp³-hybridized carbons (Fsp3) is 0.357. The highest BCUT2D eigenvalue weighted by molar-refractivity contribution is 5.91. The van der Waals surface area contributed by atoms with E-state index in [1.54, 1.807) is 0 Å². The molecule has 16 heavy (non-hydrogen) atoms. The quantitative estimate of drug-likeness (QED) is 0.841. The first-order valence-corrected chi connectivity index (χ1v) is 5.82. The van der Waals surface area contributed by atoms with Crippen molar-refractivity contribution in [2.45, 2.75) is 33.2 Å². The Morgan fingerprint density at radius 3 is 2.94 bits per heavy atom. The van der Waals surface area contributed by atoms with Gasteiger partial charge in [0.15, 0.2) is 0 Å². The molecule has 84 valence electrons. The SMILES string of the molecule is CCC(C)Nc1cc(C)cc2cccnc12. The summed E-state index contributed by atoms with van der Waals surface area (Å²) < 4.78 is 0. The number of nitrogens with one attached hydrogen (secondary N) is 1. The maximum Gasteiger partial charge on any atom is 0.0933 e. The molecule has 0 amide bonds. The van der Waals surface area contributed by atoms with E-state index >= 15 is 0 Å². The molecule has 0 spiro atoms. The molecule has 1 aromatic heterocycles. The Morgan fingerprint density at radius 1 is 1.38 bits per heavy atom. The largest absolute Gasteiger partial charge is 0.381 e. The lowest BCUT2D eigenvalue weighted by Crippen LogP contribution is -2.13. The van der Waals surface area contributed by atoms with E-state index < -0.39 is 0 Å². The molecular formula is C14H18N2. The van der Waals surface area contributed by atoms with E-state index in [0.717, 1.165) is 17.6 Å². The summed E-state index contributed by atoms with van der Waals surface area (Å²) in [5.41, 5.74) is 3.48. The van der Waals surface area contributed by atoms with Crippen molar-refractivity contribution in [2.75, 3.05) is 5.32 Å². The molecule has 0 fully saturated rings. The third-order valence-electron chi connectivity index (χ3n) is 2.86. The van der Waals surface area contributed by atoms with Gasteiger partial charge in [0.2, 0.25) is 0 Å². The molecule has 0 bridgehead atoms. The average molecular weight is 214 g/mol. The molecule has 0 radical (unpaired) electrons. The summed E-state index contributed by atoms with van der Waals surface area (Å²) in [6.45, 7) is 6.49. The van der Waals surface area contributed by atoms with Crippen LogP contribution in [0.4, 0.5) is 5.69 Å². The summed E-state index contributed by atoms with van der Waals surface area (Å²) in [5.74, 6) is 0. The molecule has 1 heterocycles. The molecule has 2 heteroatoms. The summed E-state index contributed by atoms with van der Waals surface area (Å²) in [6.07, 6.45) is 2.96. The molecule has 1 N–H and O–H groups in total. The van der Waals surface area contributed by atoms with Crippen molar-refractivity contribution in [1.29, 1.82) is 0 Å². The van der Waals surface area contributed by atoms with Crippen molar-refractivity contribution in [3.05, 3.63) is 36.0 Å². The molecule has 1 atom stereocenters. The van der Waals surface area contributed by atoms with E-state index in [1.165, 1.54) is 10.9 Å². The van der Waals surface area contributed by atoms with Gasteiger partial charge >= 0.3 is 0 Å². The van der Waals surface area contributed by atoms with Crippen molar-refractivity contribution >= 4 is 16.6 Å². The van der Waals surface area contributed by atoms with Crippen LogP contribution in [-0.4, -0.2) is 11.0 Å². The number of pyridine rings is 1. The number of fused-ring (bicyclic) bond motifs is 1. The number of benzene rings is 1. The van der Waals surface area contributed by atoms with Crippen molar-refractivity contribution in [3.8, 4) is 0 Å². The predicted molar refractivity (Wildman–Crippen MR) is 69.9 cm³/mol. The van der Waals surface area contributed by atoms with Gasteiger partial charge in [-0.15, -0.1) is 0 Å². The van der Waals surface area contributed by atoms with E-state index in [2.05, 4.69) is 49.3 Å². The van der Waals surface area contributed by atoms with Gasteiger partial charge in [-0.3, -0.25) is 4.98 Å². The number of nitrogens with zero attached hydrogens (tertiary/aromatic N) is 1. The first-order valence-electron chi connectivity index (χ1n) is 5.82. The molecular weight excluding hydrogens is 196 g/mol. The van der Waals surface area contributed by atoms with Crippen LogP contribution < -0.4 is 5.32 Å². The normalized spacial score (nSPS) is 12.7.